The van der Waals surface area contributed by atoms with Crippen LogP contribution in [0.25, 0.3) is 0 Å². The molecule has 26 heavy (non-hydrogen) atoms. The first-order chi connectivity index (χ1) is 11.7. The zero-order valence-corrected chi connectivity index (χ0v) is 17.3. The van der Waals surface area contributed by atoms with E-state index in [2.05, 4.69) is 23.2 Å². The van der Waals surface area contributed by atoms with Crippen LogP contribution in [-0.4, -0.2) is 55.7 Å². The summed E-state index contributed by atoms with van der Waals surface area (Å²) in [5.74, 6) is 1.22. The Morgan fingerprint density at radius 2 is 1.85 bits per heavy atom. The smallest absolute Gasteiger partial charge is 0.242 e. The van der Waals surface area contributed by atoms with Crippen LogP contribution in [0.3, 0.4) is 0 Å². The Kier molecular flexibility index (Phi) is 9.01. The van der Waals surface area contributed by atoms with Crippen molar-refractivity contribution in [2.45, 2.75) is 38.6 Å². The van der Waals surface area contributed by atoms with Crippen LogP contribution in [-0.2, 0) is 4.79 Å². The van der Waals surface area contributed by atoms with Gasteiger partial charge in [-0.25, -0.2) is 0 Å². The third-order valence-corrected chi connectivity index (χ3v) is 5.33. The summed E-state index contributed by atoms with van der Waals surface area (Å²) in [6.45, 7) is 9.02. The first kappa shape index (κ1) is 22.9. The van der Waals surface area contributed by atoms with Crippen molar-refractivity contribution in [2.24, 2.45) is 0 Å². The number of benzene rings is 1. The summed E-state index contributed by atoms with van der Waals surface area (Å²) >= 11 is 0. The van der Waals surface area contributed by atoms with Crippen LogP contribution in [0, 0.1) is 0 Å². The number of amides is 1. The van der Waals surface area contributed by atoms with Gasteiger partial charge in [-0.2, -0.15) is 0 Å². The molecule has 1 atom stereocenters. The van der Waals surface area contributed by atoms with Gasteiger partial charge >= 0.3 is 0 Å². The van der Waals surface area contributed by atoms with Crippen LogP contribution in [0.5, 0.6) is 5.75 Å². The predicted octanol–water partition coefficient (Wildman–Crippen LogP) is 3.11. The highest BCUT2D eigenvalue weighted by molar-refractivity contribution is 5.87. The molecule has 1 N–H and O–H groups in total. The summed E-state index contributed by atoms with van der Waals surface area (Å²) in [5.41, 5.74) is 0.821. The van der Waals surface area contributed by atoms with Gasteiger partial charge in [-0.3, -0.25) is 4.79 Å². The lowest BCUT2D eigenvalue weighted by molar-refractivity contribution is -0.138. The number of ether oxygens (including phenoxy) is 1. The van der Waals surface area contributed by atoms with Crippen LogP contribution in [0.4, 0.5) is 5.69 Å². The summed E-state index contributed by atoms with van der Waals surface area (Å²) in [6.07, 6.45) is 2.94. The largest absolute Gasteiger partial charge is 0.492 e. The normalized spacial score (nSPS) is 22.4. The molecule has 2 fully saturated rings. The van der Waals surface area contributed by atoms with Crippen molar-refractivity contribution in [1.29, 1.82) is 0 Å². The zero-order chi connectivity index (χ0) is 17.0. The highest BCUT2D eigenvalue weighted by Gasteiger charge is 2.42. The summed E-state index contributed by atoms with van der Waals surface area (Å²) in [6, 6.07) is 8.17. The number of hydrogen-bond acceptors (Lipinski definition) is 4. The van der Waals surface area contributed by atoms with E-state index in [0.29, 0.717) is 12.5 Å². The number of nitrogens with one attached hydrogen (secondary N) is 1. The molecule has 0 bridgehead atoms. The molecule has 7 heteroatoms. The van der Waals surface area contributed by atoms with Gasteiger partial charge in [0, 0.05) is 26.2 Å². The van der Waals surface area contributed by atoms with Gasteiger partial charge < -0.3 is 19.9 Å². The Morgan fingerprint density at radius 1 is 1.15 bits per heavy atom. The number of rotatable bonds is 5. The minimum Gasteiger partial charge on any atom is -0.492 e. The standard InChI is InChI=1S/C19H29N3O2.2ClH/c1-3-19(10-7-11-20-19)18(23)22-14-12-21(13-15-22)16-8-5-6-9-17(16)24-4-2;;/h5-6,8-9,20H,3-4,7,10-15H2,1-2H3;2*1H. The quantitative estimate of drug-likeness (QED) is 0.819. The van der Waals surface area contributed by atoms with Crippen molar-refractivity contribution in [1.82, 2.24) is 10.2 Å². The van der Waals surface area contributed by atoms with E-state index in [-0.39, 0.29) is 30.4 Å². The average molecular weight is 404 g/mol. The summed E-state index contributed by atoms with van der Waals surface area (Å²) in [4.78, 5) is 17.4. The monoisotopic (exact) mass is 403 g/mol. The van der Waals surface area contributed by atoms with Crippen molar-refractivity contribution >= 4 is 36.4 Å². The molecule has 1 amide bonds. The Hall–Kier alpha value is -1.17. The molecule has 0 radical (unpaired) electrons. The maximum Gasteiger partial charge on any atom is 0.242 e. The van der Waals surface area contributed by atoms with Gasteiger partial charge in [0.1, 0.15) is 5.75 Å². The van der Waals surface area contributed by atoms with Gasteiger partial charge in [-0.05, 0) is 44.9 Å². The van der Waals surface area contributed by atoms with E-state index >= 15 is 0 Å². The van der Waals surface area contributed by atoms with E-state index in [0.717, 1.165) is 63.4 Å². The van der Waals surface area contributed by atoms with Crippen LogP contribution >= 0.6 is 24.8 Å². The first-order valence-corrected chi connectivity index (χ1v) is 9.21. The number of hydrogen-bond donors (Lipinski definition) is 1. The number of para-hydroxylation sites is 2. The number of piperazine rings is 1. The lowest BCUT2D eigenvalue weighted by atomic mass is 9.92. The van der Waals surface area contributed by atoms with Gasteiger partial charge in [0.25, 0.3) is 0 Å². The van der Waals surface area contributed by atoms with E-state index in [1.807, 2.05) is 30.0 Å². The highest BCUT2D eigenvalue weighted by atomic mass is 35.5. The third kappa shape index (κ3) is 4.56. The Balaban J connectivity index is 0.00000169. The van der Waals surface area contributed by atoms with Crippen LogP contribution < -0.4 is 15.0 Å². The fraction of sp³-hybridized carbons (Fsp3) is 0.632. The Bertz CT molecular complexity index is 572. The molecule has 2 aliphatic heterocycles. The van der Waals surface area contributed by atoms with Gasteiger partial charge in [0.15, 0.2) is 0 Å². The molecule has 5 nitrogen and oxygen atoms in total. The summed E-state index contributed by atoms with van der Waals surface area (Å²) in [5, 5.41) is 3.46. The number of halogens is 2. The molecule has 0 saturated carbocycles. The third-order valence-electron chi connectivity index (χ3n) is 5.33. The van der Waals surface area contributed by atoms with Gasteiger partial charge in [-0.15, -0.1) is 24.8 Å². The van der Waals surface area contributed by atoms with Crippen LogP contribution in [0.1, 0.15) is 33.1 Å². The molecule has 0 aromatic heterocycles. The van der Waals surface area contributed by atoms with E-state index < -0.39 is 0 Å². The fourth-order valence-electron chi connectivity index (χ4n) is 3.89. The van der Waals surface area contributed by atoms with Crippen molar-refractivity contribution in [2.75, 3.05) is 44.2 Å². The average Bonchev–Trinajstić information content (AvgIpc) is 3.12. The second kappa shape index (κ2) is 10.2. The van der Waals surface area contributed by atoms with Gasteiger partial charge in [-0.1, -0.05) is 19.1 Å². The second-order valence-electron chi connectivity index (χ2n) is 6.65. The lowest BCUT2D eigenvalue weighted by Gasteiger charge is -2.40. The minimum atomic E-state index is -0.314. The van der Waals surface area contributed by atoms with Crippen molar-refractivity contribution < 1.29 is 9.53 Å². The Labute approximate surface area is 169 Å². The fourth-order valence-corrected chi connectivity index (χ4v) is 3.89. The molecule has 2 saturated heterocycles. The minimum absolute atomic E-state index is 0. The number of anilines is 1. The van der Waals surface area contributed by atoms with Crippen LogP contribution in [0.15, 0.2) is 24.3 Å². The van der Waals surface area contributed by atoms with E-state index in [1.54, 1.807) is 0 Å². The maximum atomic E-state index is 13.0. The molecule has 1 aromatic carbocycles. The molecule has 0 spiro atoms. The van der Waals surface area contributed by atoms with Crippen molar-refractivity contribution in [3.63, 3.8) is 0 Å². The molecular formula is C19H31Cl2N3O2. The molecule has 148 valence electrons. The molecule has 2 aliphatic rings. The van der Waals surface area contributed by atoms with Gasteiger partial charge in [0.05, 0.1) is 17.8 Å². The van der Waals surface area contributed by atoms with E-state index in [4.69, 9.17) is 4.74 Å². The number of carbonyl (C=O) groups is 1. The first-order valence-electron chi connectivity index (χ1n) is 9.21. The zero-order valence-electron chi connectivity index (χ0n) is 15.7. The Morgan fingerprint density at radius 3 is 2.42 bits per heavy atom. The predicted molar refractivity (Wildman–Crippen MR) is 111 cm³/mol. The van der Waals surface area contributed by atoms with Crippen LogP contribution in [0.2, 0.25) is 0 Å². The molecule has 1 aromatic rings. The number of carbonyl (C=O) groups excluding carboxylic acids is 1. The maximum absolute atomic E-state index is 13.0. The number of nitrogens with zero attached hydrogens (tertiary/aromatic N) is 2. The summed E-state index contributed by atoms with van der Waals surface area (Å²) in [7, 11) is 0. The van der Waals surface area contributed by atoms with Crippen molar-refractivity contribution in [3.8, 4) is 5.75 Å². The second-order valence-corrected chi connectivity index (χ2v) is 6.65. The van der Waals surface area contributed by atoms with Gasteiger partial charge in [0.2, 0.25) is 5.91 Å². The van der Waals surface area contributed by atoms with E-state index in [1.165, 1.54) is 0 Å². The SMILES string of the molecule is CCOc1ccccc1N1CCN(C(=O)C2(CC)CCCN2)CC1.Cl.Cl. The molecule has 1 unspecified atom stereocenters. The molecule has 3 rings (SSSR count). The molecule has 0 aliphatic carbocycles. The topological polar surface area (TPSA) is 44.8 Å². The molecular weight excluding hydrogens is 373 g/mol. The van der Waals surface area contributed by atoms with E-state index in [9.17, 15) is 4.79 Å². The highest BCUT2D eigenvalue weighted by Crippen LogP contribution is 2.30. The summed E-state index contributed by atoms with van der Waals surface area (Å²) < 4.78 is 5.75. The molecule has 2 heterocycles. The van der Waals surface area contributed by atoms with Crippen molar-refractivity contribution in [3.05, 3.63) is 24.3 Å². The lowest BCUT2D eigenvalue weighted by Crippen LogP contribution is -2.59.